The van der Waals surface area contributed by atoms with Crippen molar-refractivity contribution < 1.29 is 0 Å². The Hall–Kier alpha value is -2.74. The molecule has 0 fully saturated rings. The van der Waals surface area contributed by atoms with Gasteiger partial charge in [-0.05, 0) is 37.1 Å². The van der Waals surface area contributed by atoms with Gasteiger partial charge < -0.3 is 10.6 Å². The van der Waals surface area contributed by atoms with Crippen LogP contribution in [0.2, 0.25) is 0 Å². The average molecular weight is 295 g/mol. The Morgan fingerprint density at radius 1 is 1.32 bits per heavy atom. The summed E-state index contributed by atoms with van der Waals surface area (Å²) in [5.41, 5.74) is 2.30. The van der Waals surface area contributed by atoms with Gasteiger partial charge in [-0.25, -0.2) is 4.68 Å². The highest BCUT2D eigenvalue weighted by molar-refractivity contribution is 5.79. The molecule has 0 aliphatic rings. The number of guanidine groups is 1. The molecule has 0 atom stereocenters. The topological polar surface area (TPSA) is 54.2 Å². The molecule has 0 saturated heterocycles. The van der Waals surface area contributed by atoms with Gasteiger partial charge in [0.15, 0.2) is 5.96 Å². The van der Waals surface area contributed by atoms with Gasteiger partial charge >= 0.3 is 0 Å². The predicted molar refractivity (Wildman–Crippen MR) is 90.1 cm³/mol. The Morgan fingerprint density at radius 2 is 2.14 bits per heavy atom. The van der Waals surface area contributed by atoms with E-state index < -0.39 is 0 Å². The highest BCUT2D eigenvalue weighted by atomic mass is 15.3. The summed E-state index contributed by atoms with van der Waals surface area (Å²) in [4.78, 5) is 4.50. The SMILES string of the molecule is C#CCNC(=NCCc1ccc(-n2cccn2)cc1)NCC. The first kappa shape index (κ1) is 15.6. The second-order valence-electron chi connectivity index (χ2n) is 4.69. The highest BCUT2D eigenvalue weighted by Crippen LogP contribution is 2.09. The first-order chi connectivity index (χ1) is 10.8. The van der Waals surface area contributed by atoms with Crippen molar-refractivity contribution in [3.8, 4) is 18.0 Å². The number of terminal acetylenes is 1. The summed E-state index contributed by atoms with van der Waals surface area (Å²) in [7, 11) is 0. The molecule has 0 amide bonds. The normalized spacial score (nSPS) is 11.0. The van der Waals surface area contributed by atoms with Crippen molar-refractivity contribution in [1.82, 2.24) is 20.4 Å². The molecule has 1 aromatic carbocycles. The number of hydrogen-bond donors (Lipinski definition) is 2. The fourth-order valence-corrected chi connectivity index (χ4v) is 2.01. The van der Waals surface area contributed by atoms with Crippen molar-refractivity contribution in [3.05, 3.63) is 48.3 Å². The Labute approximate surface area is 131 Å². The zero-order valence-electron chi connectivity index (χ0n) is 12.8. The molecule has 1 aromatic heterocycles. The fraction of sp³-hybridized carbons (Fsp3) is 0.294. The van der Waals surface area contributed by atoms with Crippen molar-refractivity contribution in [2.45, 2.75) is 13.3 Å². The number of nitrogens with zero attached hydrogens (tertiary/aromatic N) is 3. The Balaban J connectivity index is 1.89. The summed E-state index contributed by atoms with van der Waals surface area (Å²) in [6.07, 6.45) is 9.83. The van der Waals surface area contributed by atoms with E-state index in [2.05, 4.69) is 50.9 Å². The van der Waals surface area contributed by atoms with Crippen LogP contribution >= 0.6 is 0 Å². The zero-order chi connectivity index (χ0) is 15.6. The van der Waals surface area contributed by atoms with Gasteiger partial charge in [-0.15, -0.1) is 6.42 Å². The molecule has 5 heteroatoms. The van der Waals surface area contributed by atoms with Gasteiger partial charge in [-0.2, -0.15) is 5.10 Å². The number of benzene rings is 1. The van der Waals surface area contributed by atoms with Crippen molar-refractivity contribution in [2.24, 2.45) is 4.99 Å². The molecule has 5 nitrogen and oxygen atoms in total. The minimum atomic E-state index is 0.477. The second kappa shape index (κ2) is 8.53. The quantitative estimate of drug-likeness (QED) is 0.483. The second-order valence-corrected chi connectivity index (χ2v) is 4.69. The van der Waals surface area contributed by atoms with Gasteiger partial charge in [0.1, 0.15) is 0 Å². The largest absolute Gasteiger partial charge is 0.357 e. The first-order valence-corrected chi connectivity index (χ1v) is 7.38. The third-order valence-corrected chi connectivity index (χ3v) is 3.08. The van der Waals surface area contributed by atoms with Crippen molar-refractivity contribution in [3.63, 3.8) is 0 Å². The van der Waals surface area contributed by atoms with Crippen molar-refractivity contribution >= 4 is 5.96 Å². The van der Waals surface area contributed by atoms with E-state index >= 15 is 0 Å². The summed E-state index contributed by atoms with van der Waals surface area (Å²) < 4.78 is 1.84. The number of aliphatic imine (C=N–C) groups is 1. The van der Waals surface area contributed by atoms with E-state index in [9.17, 15) is 0 Å². The molecule has 114 valence electrons. The third kappa shape index (κ3) is 4.67. The van der Waals surface area contributed by atoms with E-state index in [1.165, 1.54) is 5.56 Å². The van der Waals surface area contributed by atoms with Crippen LogP contribution in [0.1, 0.15) is 12.5 Å². The van der Waals surface area contributed by atoms with E-state index in [0.717, 1.165) is 24.6 Å². The van der Waals surface area contributed by atoms with Crippen LogP contribution in [0, 0.1) is 12.3 Å². The van der Waals surface area contributed by atoms with Gasteiger partial charge in [-0.1, -0.05) is 18.1 Å². The van der Waals surface area contributed by atoms with Crippen molar-refractivity contribution in [1.29, 1.82) is 0 Å². The average Bonchev–Trinajstić information content (AvgIpc) is 3.07. The third-order valence-electron chi connectivity index (χ3n) is 3.08. The molecule has 0 spiro atoms. The number of nitrogens with one attached hydrogen (secondary N) is 2. The maximum Gasteiger partial charge on any atom is 0.192 e. The number of rotatable bonds is 6. The number of hydrogen-bond acceptors (Lipinski definition) is 2. The molecule has 0 aliphatic carbocycles. The maximum atomic E-state index is 5.24. The van der Waals surface area contributed by atoms with Crippen LogP contribution in [0.15, 0.2) is 47.7 Å². The van der Waals surface area contributed by atoms with Gasteiger partial charge in [0.2, 0.25) is 0 Å². The molecule has 2 aromatic rings. The van der Waals surface area contributed by atoms with Gasteiger partial charge in [0, 0.05) is 25.5 Å². The van der Waals surface area contributed by atoms with Crippen LogP contribution in [0.4, 0.5) is 0 Å². The van der Waals surface area contributed by atoms with Crippen LogP contribution < -0.4 is 10.6 Å². The Kier molecular flexibility index (Phi) is 6.06. The summed E-state index contributed by atoms with van der Waals surface area (Å²) >= 11 is 0. The van der Waals surface area contributed by atoms with E-state index in [1.807, 2.05) is 23.9 Å². The lowest BCUT2D eigenvalue weighted by Gasteiger charge is -2.09. The maximum absolute atomic E-state index is 5.24. The van der Waals surface area contributed by atoms with E-state index in [0.29, 0.717) is 13.1 Å². The molecule has 0 radical (unpaired) electrons. The van der Waals surface area contributed by atoms with Crippen molar-refractivity contribution in [2.75, 3.05) is 19.6 Å². The molecule has 2 rings (SSSR count). The standard InChI is InChI=1S/C17H21N5/c1-3-11-19-17(18-4-2)20-13-10-15-6-8-16(9-7-15)22-14-5-12-21-22/h1,5-9,12,14H,4,10-11,13H2,2H3,(H2,18,19,20). The van der Waals surface area contributed by atoms with Crippen LogP contribution in [-0.2, 0) is 6.42 Å². The van der Waals surface area contributed by atoms with E-state index in [1.54, 1.807) is 6.20 Å². The monoisotopic (exact) mass is 295 g/mol. The van der Waals surface area contributed by atoms with Crippen LogP contribution in [0.5, 0.6) is 0 Å². The molecule has 22 heavy (non-hydrogen) atoms. The summed E-state index contributed by atoms with van der Waals surface area (Å²) in [5, 5.41) is 10.5. The van der Waals surface area contributed by atoms with Crippen LogP contribution in [-0.4, -0.2) is 35.4 Å². The van der Waals surface area contributed by atoms with Gasteiger partial charge in [-0.3, -0.25) is 4.99 Å². The Morgan fingerprint density at radius 3 is 2.77 bits per heavy atom. The van der Waals surface area contributed by atoms with Gasteiger partial charge in [0.05, 0.1) is 12.2 Å². The molecule has 1 heterocycles. The lowest BCUT2D eigenvalue weighted by molar-refractivity contribution is 0.853. The molecule has 0 aliphatic heterocycles. The molecular weight excluding hydrogens is 274 g/mol. The van der Waals surface area contributed by atoms with Crippen LogP contribution in [0.25, 0.3) is 5.69 Å². The van der Waals surface area contributed by atoms with E-state index in [4.69, 9.17) is 6.42 Å². The molecule has 0 saturated carbocycles. The molecule has 0 bridgehead atoms. The fourth-order valence-electron chi connectivity index (χ4n) is 2.01. The molecular formula is C17H21N5. The summed E-state index contributed by atoms with van der Waals surface area (Å²) in [6.45, 7) is 4.03. The lowest BCUT2D eigenvalue weighted by atomic mass is 10.1. The molecule has 2 N–H and O–H groups in total. The Bertz CT molecular complexity index is 620. The molecule has 0 unspecified atom stereocenters. The van der Waals surface area contributed by atoms with Crippen LogP contribution in [0.3, 0.4) is 0 Å². The smallest absolute Gasteiger partial charge is 0.192 e. The highest BCUT2D eigenvalue weighted by Gasteiger charge is 1.98. The first-order valence-electron chi connectivity index (χ1n) is 7.38. The summed E-state index contributed by atoms with van der Waals surface area (Å²) in [6, 6.07) is 10.2. The number of aromatic nitrogens is 2. The van der Waals surface area contributed by atoms with Gasteiger partial charge in [0.25, 0.3) is 0 Å². The minimum Gasteiger partial charge on any atom is -0.357 e. The lowest BCUT2D eigenvalue weighted by Crippen LogP contribution is -2.37. The zero-order valence-corrected chi connectivity index (χ0v) is 12.8. The van der Waals surface area contributed by atoms with E-state index in [-0.39, 0.29) is 0 Å². The minimum absolute atomic E-state index is 0.477. The summed E-state index contributed by atoms with van der Waals surface area (Å²) in [5.74, 6) is 3.30. The predicted octanol–water partition coefficient (Wildman–Crippen LogP) is 1.60.